The number of rotatable bonds is 4. The lowest BCUT2D eigenvalue weighted by atomic mass is 9.90. The number of fused-ring (bicyclic) bond motifs is 1. The SMILES string of the molecule is CC/C=C1\NC(=O)N(C)c2ncc(-c3cccc(F)c3)c(Cc3ccc(C)cc3)c21. The number of urea groups is 1. The molecule has 0 unspecified atom stereocenters. The molecule has 0 aliphatic carbocycles. The molecule has 0 spiro atoms. The third kappa shape index (κ3) is 3.71. The van der Waals surface area contributed by atoms with E-state index in [-0.39, 0.29) is 11.8 Å². The Balaban J connectivity index is 1.98. The van der Waals surface area contributed by atoms with Crippen molar-refractivity contribution >= 4 is 17.5 Å². The van der Waals surface area contributed by atoms with Crippen molar-refractivity contribution in [1.82, 2.24) is 10.3 Å². The van der Waals surface area contributed by atoms with Gasteiger partial charge in [-0.15, -0.1) is 0 Å². The fraction of sp³-hybridized carbons (Fsp3) is 0.200. The van der Waals surface area contributed by atoms with E-state index in [1.165, 1.54) is 22.6 Å². The molecule has 1 aliphatic heterocycles. The fourth-order valence-electron chi connectivity index (χ4n) is 3.79. The average molecular weight is 401 g/mol. The van der Waals surface area contributed by atoms with Crippen LogP contribution in [-0.2, 0) is 6.42 Å². The van der Waals surface area contributed by atoms with E-state index < -0.39 is 0 Å². The lowest BCUT2D eigenvalue weighted by Crippen LogP contribution is -2.42. The van der Waals surface area contributed by atoms with E-state index >= 15 is 0 Å². The second kappa shape index (κ2) is 8.11. The molecule has 5 heteroatoms. The standard InChI is InChI=1S/C25H24FN3O/c1-4-6-22-23-20(13-17-11-9-16(2)10-12-17)21(18-7-5-8-19(26)14-18)15-27-24(23)29(3)25(30)28-22/h5-12,14-15H,4,13H2,1-3H3,(H,28,30)/b22-6-. The van der Waals surface area contributed by atoms with Gasteiger partial charge in [-0.2, -0.15) is 0 Å². The number of anilines is 1. The summed E-state index contributed by atoms with van der Waals surface area (Å²) in [4.78, 5) is 18.6. The third-order valence-corrected chi connectivity index (χ3v) is 5.35. The molecule has 0 radical (unpaired) electrons. The van der Waals surface area contributed by atoms with Crippen LogP contribution in [0.1, 0.15) is 35.6 Å². The highest BCUT2D eigenvalue weighted by Crippen LogP contribution is 2.38. The minimum Gasteiger partial charge on any atom is -0.307 e. The van der Waals surface area contributed by atoms with Gasteiger partial charge in [0.15, 0.2) is 0 Å². The molecule has 4 nitrogen and oxygen atoms in total. The minimum absolute atomic E-state index is 0.213. The number of carbonyl (C=O) groups is 1. The summed E-state index contributed by atoms with van der Waals surface area (Å²) in [5.41, 5.74) is 6.62. The third-order valence-electron chi connectivity index (χ3n) is 5.35. The van der Waals surface area contributed by atoms with Crippen molar-refractivity contribution in [3.05, 3.63) is 88.9 Å². The largest absolute Gasteiger partial charge is 0.327 e. The summed E-state index contributed by atoms with van der Waals surface area (Å²) in [6, 6.07) is 14.7. The van der Waals surface area contributed by atoms with Gasteiger partial charge in [0, 0.05) is 30.1 Å². The van der Waals surface area contributed by atoms with E-state index in [0.717, 1.165) is 39.9 Å². The zero-order chi connectivity index (χ0) is 21.3. The number of nitrogens with zero attached hydrogens (tertiary/aromatic N) is 2. The Labute approximate surface area is 176 Å². The van der Waals surface area contributed by atoms with Crippen LogP contribution in [-0.4, -0.2) is 18.1 Å². The number of hydrogen-bond donors (Lipinski definition) is 1. The van der Waals surface area contributed by atoms with Crippen molar-refractivity contribution < 1.29 is 9.18 Å². The summed E-state index contributed by atoms with van der Waals surface area (Å²) in [6.07, 6.45) is 5.16. The van der Waals surface area contributed by atoms with E-state index in [2.05, 4.69) is 41.5 Å². The predicted molar refractivity (Wildman–Crippen MR) is 119 cm³/mol. The second-order valence-electron chi connectivity index (χ2n) is 7.54. The summed E-state index contributed by atoms with van der Waals surface area (Å²) >= 11 is 0. The second-order valence-corrected chi connectivity index (χ2v) is 7.54. The number of hydrogen-bond acceptors (Lipinski definition) is 2. The number of allylic oxidation sites excluding steroid dienone is 1. The molecule has 1 N–H and O–H groups in total. The van der Waals surface area contributed by atoms with Gasteiger partial charge in [-0.1, -0.05) is 55.0 Å². The molecule has 4 rings (SSSR count). The number of aryl methyl sites for hydroxylation is 1. The van der Waals surface area contributed by atoms with Crippen LogP contribution >= 0.6 is 0 Å². The molecule has 3 aromatic rings. The van der Waals surface area contributed by atoms with Gasteiger partial charge >= 0.3 is 6.03 Å². The van der Waals surface area contributed by atoms with E-state index in [1.807, 2.05) is 19.1 Å². The molecule has 2 amide bonds. The topological polar surface area (TPSA) is 45.2 Å². The number of carbonyl (C=O) groups excluding carboxylic acids is 1. The van der Waals surface area contributed by atoms with Gasteiger partial charge in [-0.25, -0.2) is 14.2 Å². The molecular weight excluding hydrogens is 377 g/mol. The summed E-state index contributed by atoms with van der Waals surface area (Å²) in [7, 11) is 1.71. The van der Waals surface area contributed by atoms with Gasteiger partial charge in [-0.05, 0) is 48.6 Å². The first kappa shape index (κ1) is 19.8. The number of halogens is 1. The molecule has 30 heavy (non-hydrogen) atoms. The first-order valence-corrected chi connectivity index (χ1v) is 10.1. The monoisotopic (exact) mass is 401 g/mol. The van der Waals surface area contributed by atoms with E-state index in [1.54, 1.807) is 19.3 Å². The molecule has 1 aromatic heterocycles. The van der Waals surface area contributed by atoms with Crippen LogP contribution in [0.2, 0.25) is 0 Å². The molecule has 0 atom stereocenters. The minimum atomic E-state index is -0.291. The number of aromatic nitrogens is 1. The fourth-order valence-corrected chi connectivity index (χ4v) is 3.79. The van der Waals surface area contributed by atoms with Crippen LogP contribution in [0.5, 0.6) is 0 Å². The van der Waals surface area contributed by atoms with Crippen LogP contribution in [0.3, 0.4) is 0 Å². The van der Waals surface area contributed by atoms with Crippen molar-refractivity contribution in [3.8, 4) is 11.1 Å². The molecule has 0 bridgehead atoms. The summed E-state index contributed by atoms with van der Waals surface area (Å²) in [5.74, 6) is 0.321. The molecule has 2 aromatic carbocycles. The maximum atomic E-state index is 14.0. The van der Waals surface area contributed by atoms with Gasteiger partial charge in [0.25, 0.3) is 0 Å². The van der Waals surface area contributed by atoms with Crippen molar-refractivity contribution in [2.24, 2.45) is 0 Å². The predicted octanol–water partition coefficient (Wildman–Crippen LogP) is 5.70. The maximum absolute atomic E-state index is 14.0. The maximum Gasteiger partial charge on any atom is 0.327 e. The van der Waals surface area contributed by atoms with Crippen LogP contribution in [0.4, 0.5) is 15.0 Å². The highest BCUT2D eigenvalue weighted by Gasteiger charge is 2.29. The lowest BCUT2D eigenvalue weighted by molar-refractivity contribution is 0.250. The summed E-state index contributed by atoms with van der Waals surface area (Å²) in [5, 5.41) is 2.98. The zero-order valence-corrected chi connectivity index (χ0v) is 17.4. The number of amides is 2. The number of nitrogens with one attached hydrogen (secondary N) is 1. The molecule has 0 fully saturated rings. The lowest BCUT2D eigenvalue weighted by Gasteiger charge is -2.30. The highest BCUT2D eigenvalue weighted by atomic mass is 19.1. The molecule has 0 saturated carbocycles. The van der Waals surface area contributed by atoms with Gasteiger partial charge in [-0.3, -0.25) is 4.90 Å². The number of benzene rings is 2. The molecular formula is C25H24FN3O. The Morgan fingerprint density at radius 2 is 1.93 bits per heavy atom. The van der Waals surface area contributed by atoms with Crippen molar-refractivity contribution in [1.29, 1.82) is 0 Å². The van der Waals surface area contributed by atoms with Crippen LogP contribution in [0, 0.1) is 12.7 Å². The molecule has 0 saturated heterocycles. The highest BCUT2D eigenvalue weighted by molar-refractivity contribution is 6.04. The van der Waals surface area contributed by atoms with E-state index in [4.69, 9.17) is 0 Å². The van der Waals surface area contributed by atoms with Crippen LogP contribution < -0.4 is 10.2 Å². The van der Waals surface area contributed by atoms with Crippen molar-refractivity contribution in [2.75, 3.05) is 11.9 Å². The number of pyridine rings is 1. The van der Waals surface area contributed by atoms with E-state index in [9.17, 15) is 9.18 Å². The Bertz CT molecular complexity index is 1140. The van der Waals surface area contributed by atoms with Gasteiger partial charge in [0.2, 0.25) is 0 Å². The Morgan fingerprint density at radius 1 is 1.17 bits per heavy atom. The van der Waals surface area contributed by atoms with Crippen molar-refractivity contribution in [2.45, 2.75) is 26.7 Å². The summed E-state index contributed by atoms with van der Waals surface area (Å²) < 4.78 is 14.0. The molecule has 2 heterocycles. The van der Waals surface area contributed by atoms with Crippen LogP contribution in [0.25, 0.3) is 16.8 Å². The first-order chi connectivity index (χ1) is 14.5. The summed E-state index contributed by atoms with van der Waals surface area (Å²) in [6.45, 7) is 4.09. The van der Waals surface area contributed by atoms with Gasteiger partial charge in [0.05, 0.1) is 0 Å². The van der Waals surface area contributed by atoms with Crippen LogP contribution in [0.15, 0.2) is 60.8 Å². The van der Waals surface area contributed by atoms with Crippen molar-refractivity contribution in [3.63, 3.8) is 0 Å². The molecule has 152 valence electrons. The molecule has 1 aliphatic rings. The Kier molecular flexibility index (Phi) is 5.36. The van der Waals surface area contributed by atoms with Gasteiger partial charge < -0.3 is 5.32 Å². The van der Waals surface area contributed by atoms with Gasteiger partial charge in [0.1, 0.15) is 11.6 Å². The zero-order valence-electron chi connectivity index (χ0n) is 17.4. The smallest absolute Gasteiger partial charge is 0.307 e. The normalized spacial score (nSPS) is 14.6. The quantitative estimate of drug-likeness (QED) is 0.610. The Morgan fingerprint density at radius 3 is 2.63 bits per heavy atom. The first-order valence-electron chi connectivity index (χ1n) is 10.1. The van der Waals surface area contributed by atoms with E-state index in [0.29, 0.717) is 12.2 Å². The average Bonchev–Trinajstić information content (AvgIpc) is 2.73. The Hall–Kier alpha value is -3.47.